The van der Waals surface area contributed by atoms with Crippen molar-refractivity contribution in [3.8, 4) is 0 Å². The predicted molar refractivity (Wildman–Crippen MR) is 61.5 cm³/mol. The zero-order valence-electron chi connectivity index (χ0n) is 7.38. The average Bonchev–Trinajstić information content (AvgIpc) is 2.18. The van der Waals surface area contributed by atoms with Gasteiger partial charge in [0.2, 0.25) is 0 Å². The Labute approximate surface area is 99.1 Å². The molecule has 0 aromatic heterocycles. The minimum atomic E-state index is -0.533. The van der Waals surface area contributed by atoms with E-state index in [-0.39, 0.29) is 15.1 Å². The summed E-state index contributed by atoms with van der Waals surface area (Å²) in [6.07, 6.45) is 0. The van der Waals surface area contributed by atoms with Gasteiger partial charge >= 0.3 is 0 Å². The molecule has 1 aromatic rings. The molecule has 0 saturated heterocycles. The van der Waals surface area contributed by atoms with Crippen molar-refractivity contribution < 1.29 is 9.18 Å². The molecule has 0 fully saturated rings. The molecule has 0 spiro atoms. The topological polar surface area (TPSA) is 67.2 Å². The van der Waals surface area contributed by atoms with Crippen LogP contribution in [0.1, 0.15) is 10.4 Å². The minimum absolute atomic E-state index is 0.0733. The maximum absolute atomic E-state index is 13.0. The summed E-state index contributed by atoms with van der Waals surface area (Å²) in [6, 6.07) is 4.13. The molecule has 1 amide bonds. The van der Waals surface area contributed by atoms with Crippen molar-refractivity contribution in [2.75, 3.05) is 0 Å². The number of hydrogen-bond donors (Lipinski definition) is 3. The van der Waals surface area contributed by atoms with E-state index in [4.69, 9.17) is 5.73 Å². The number of nitrogens with one attached hydrogen (secondary N) is 2. The first kappa shape index (κ1) is 11.9. The van der Waals surface area contributed by atoms with Crippen LogP contribution in [0.25, 0.3) is 0 Å². The smallest absolute Gasteiger partial charge is 0.270 e. The van der Waals surface area contributed by atoms with Gasteiger partial charge in [-0.1, -0.05) is 6.07 Å². The van der Waals surface area contributed by atoms with E-state index in [1.807, 2.05) is 0 Å². The van der Waals surface area contributed by atoms with Crippen molar-refractivity contribution in [1.82, 2.24) is 10.9 Å². The molecular formula is C8H7BrFN3OS. The van der Waals surface area contributed by atoms with Crippen LogP contribution in [0.2, 0.25) is 0 Å². The normalized spacial score (nSPS) is 9.47. The highest BCUT2D eigenvalue weighted by Gasteiger charge is 2.12. The highest BCUT2D eigenvalue weighted by molar-refractivity contribution is 9.10. The second-order valence-corrected chi connectivity index (χ2v) is 3.78. The molecule has 0 aliphatic carbocycles. The summed E-state index contributed by atoms with van der Waals surface area (Å²) in [7, 11) is 0. The summed E-state index contributed by atoms with van der Waals surface area (Å²) < 4.78 is 13.1. The van der Waals surface area contributed by atoms with Crippen LogP contribution in [-0.4, -0.2) is 11.0 Å². The number of rotatable bonds is 1. The molecule has 4 nitrogen and oxygen atoms in total. The molecule has 7 heteroatoms. The molecule has 15 heavy (non-hydrogen) atoms. The first-order valence-corrected chi connectivity index (χ1v) is 5.02. The van der Waals surface area contributed by atoms with Crippen molar-refractivity contribution in [2.45, 2.75) is 0 Å². The number of hydrazine groups is 1. The van der Waals surface area contributed by atoms with Gasteiger partial charge in [-0.2, -0.15) is 0 Å². The zero-order valence-corrected chi connectivity index (χ0v) is 9.78. The van der Waals surface area contributed by atoms with Gasteiger partial charge in [0.15, 0.2) is 5.11 Å². The highest BCUT2D eigenvalue weighted by Crippen LogP contribution is 2.19. The van der Waals surface area contributed by atoms with Crippen molar-refractivity contribution in [2.24, 2.45) is 5.73 Å². The van der Waals surface area contributed by atoms with E-state index in [2.05, 4.69) is 39.0 Å². The van der Waals surface area contributed by atoms with Crippen molar-refractivity contribution in [3.63, 3.8) is 0 Å². The number of nitrogens with two attached hydrogens (primary N) is 1. The van der Waals surface area contributed by atoms with E-state index in [9.17, 15) is 9.18 Å². The largest absolute Gasteiger partial charge is 0.375 e. The van der Waals surface area contributed by atoms with Crippen LogP contribution in [0, 0.1) is 5.82 Å². The molecule has 0 unspecified atom stereocenters. The fourth-order valence-electron chi connectivity index (χ4n) is 0.865. The molecule has 0 aliphatic heterocycles. The van der Waals surface area contributed by atoms with Gasteiger partial charge in [-0.25, -0.2) is 4.39 Å². The van der Waals surface area contributed by atoms with Gasteiger partial charge in [0.1, 0.15) is 5.82 Å². The van der Waals surface area contributed by atoms with Crippen LogP contribution in [-0.2, 0) is 0 Å². The molecule has 0 saturated carbocycles. The lowest BCUT2D eigenvalue weighted by Crippen LogP contribution is -2.44. The van der Waals surface area contributed by atoms with Crippen LogP contribution in [0.15, 0.2) is 22.7 Å². The summed E-state index contributed by atoms with van der Waals surface area (Å²) in [5.74, 6) is -1.05. The molecule has 0 aliphatic rings. The summed E-state index contributed by atoms with van der Waals surface area (Å²) >= 11 is 7.45. The second-order valence-electron chi connectivity index (χ2n) is 2.54. The molecular weight excluding hydrogens is 285 g/mol. The average molecular weight is 292 g/mol. The molecule has 0 atom stereocenters. The number of amides is 1. The van der Waals surface area contributed by atoms with E-state index in [0.29, 0.717) is 0 Å². The third-order valence-corrected chi connectivity index (χ3v) is 2.40. The summed E-state index contributed by atoms with van der Waals surface area (Å²) in [4.78, 5) is 11.4. The van der Waals surface area contributed by atoms with Crippen LogP contribution in [0.4, 0.5) is 4.39 Å². The maximum Gasteiger partial charge on any atom is 0.270 e. The predicted octanol–water partition coefficient (Wildman–Crippen LogP) is 1.07. The Hall–Kier alpha value is -1.21. The molecule has 4 N–H and O–H groups in total. The lowest BCUT2D eigenvalue weighted by atomic mass is 10.2. The Kier molecular flexibility index (Phi) is 3.98. The third kappa shape index (κ3) is 3.14. The van der Waals surface area contributed by atoms with Gasteiger partial charge in [-0.15, -0.1) is 0 Å². The number of benzene rings is 1. The first-order chi connectivity index (χ1) is 7.02. The number of hydrogen-bond acceptors (Lipinski definition) is 2. The molecule has 80 valence electrons. The lowest BCUT2D eigenvalue weighted by Gasteiger charge is -2.07. The molecule has 0 bridgehead atoms. The molecule has 1 rings (SSSR count). The van der Waals surface area contributed by atoms with Crippen LogP contribution in [0.3, 0.4) is 0 Å². The molecule has 1 aromatic carbocycles. The number of halogens is 2. The van der Waals surface area contributed by atoms with Crippen LogP contribution in [0.5, 0.6) is 0 Å². The van der Waals surface area contributed by atoms with E-state index >= 15 is 0 Å². The van der Waals surface area contributed by atoms with Gasteiger partial charge < -0.3 is 5.73 Å². The second kappa shape index (κ2) is 5.04. The Bertz CT molecular complexity index is 413. The minimum Gasteiger partial charge on any atom is -0.375 e. The van der Waals surface area contributed by atoms with Crippen molar-refractivity contribution >= 4 is 39.2 Å². The third-order valence-electron chi connectivity index (χ3n) is 1.50. The monoisotopic (exact) mass is 291 g/mol. The van der Waals surface area contributed by atoms with Crippen molar-refractivity contribution in [1.29, 1.82) is 0 Å². The molecule has 0 heterocycles. The van der Waals surface area contributed by atoms with Gasteiger partial charge in [-0.3, -0.25) is 15.6 Å². The Morgan fingerprint density at radius 3 is 2.73 bits per heavy atom. The first-order valence-electron chi connectivity index (χ1n) is 3.82. The van der Waals surface area contributed by atoms with Crippen LogP contribution < -0.4 is 16.6 Å². The number of carbonyl (C=O) groups excluding carboxylic acids is 1. The van der Waals surface area contributed by atoms with E-state index in [1.54, 1.807) is 0 Å². The Morgan fingerprint density at radius 2 is 2.13 bits per heavy atom. The number of carbonyl (C=O) groups is 1. The fraction of sp³-hybridized carbons (Fsp3) is 0. The van der Waals surface area contributed by atoms with Gasteiger partial charge in [0.25, 0.3) is 5.91 Å². The van der Waals surface area contributed by atoms with Gasteiger partial charge in [0.05, 0.1) is 10.0 Å². The van der Waals surface area contributed by atoms with E-state index in [0.717, 1.165) is 0 Å². The quantitative estimate of drug-likeness (QED) is 0.535. The van der Waals surface area contributed by atoms with Crippen molar-refractivity contribution in [3.05, 3.63) is 34.1 Å². The summed E-state index contributed by atoms with van der Waals surface area (Å²) in [5, 5.41) is -0.0733. The summed E-state index contributed by atoms with van der Waals surface area (Å²) in [5.41, 5.74) is 9.73. The Balaban J connectivity index is 2.82. The number of thiocarbonyl (C=S) groups is 1. The highest BCUT2D eigenvalue weighted by atomic mass is 79.9. The maximum atomic E-state index is 13.0. The van der Waals surface area contributed by atoms with Gasteiger partial charge in [0, 0.05) is 0 Å². The van der Waals surface area contributed by atoms with E-state index in [1.165, 1.54) is 18.2 Å². The standard InChI is InChI=1S/C8H7BrFN3OS/c9-6-4(2-1-3-5(6)10)7(14)12-13-8(11)15/h1-3H,(H,12,14)(H3,11,13,15). The Morgan fingerprint density at radius 1 is 1.47 bits per heavy atom. The zero-order chi connectivity index (χ0) is 11.4. The molecule has 0 radical (unpaired) electrons. The fourth-order valence-corrected chi connectivity index (χ4v) is 1.36. The SMILES string of the molecule is NC(=S)NNC(=O)c1cccc(F)c1Br. The van der Waals surface area contributed by atoms with E-state index < -0.39 is 11.7 Å². The lowest BCUT2D eigenvalue weighted by molar-refractivity contribution is 0.0942. The summed E-state index contributed by atoms with van der Waals surface area (Å²) in [6.45, 7) is 0. The van der Waals surface area contributed by atoms with Gasteiger partial charge in [-0.05, 0) is 40.3 Å². The van der Waals surface area contributed by atoms with Crippen LogP contribution >= 0.6 is 28.1 Å².